The number of amides is 2. The number of hydrogen-bond donors (Lipinski definition) is 0. The highest BCUT2D eigenvalue weighted by Gasteiger charge is 2.43. The van der Waals surface area contributed by atoms with Crippen molar-refractivity contribution in [2.45, 2.75) is 51.9 Å². The van der Waals surface area contributed by atoms with Crippen LogP contribution < -0.4 is 0 Å². The molecule has 2 aliphatic rings. The Morgan fingerprint density at radius 1 is 1.11 bits per heavy atom. The number of carbonyl (C=O) groups excluding carboxylic acids is 2. The summed E-state index contributed by atoms with van der Waals surface area (Å²) in [6.45, 7) is 7.03. The van der Waals surface area contributed by atoms with Crippen molar-refractivity contribution in [3.8, 4) is 0 Å². The zero-order valence-corrected chi connectivity index (χ0v) is 20.5. The third-order valence-electron chi connectivity index (χ3n) is 5.74. The van der Waals surface area contributed by atoms with Crippen LogP contribution in [-0.4, -0.2) is 27.4 Å². The summed E-state index contributed by atoms with van der Waals surface area (Å²) < 4.78 is 11.8. The topological polar surface area (TPSA) is 99.0 Å². The second kappa shape index (κ2) is 9.19. The molecule has 2 unspecified atom stereocenters. The molecule has 0 bridgehead atoms. The Hall–Kier alpha value is -3.65. The molecule has 9 heteroatoms. The minimum absolute atomic E-state index is 0.0188. The summed E-state index contributed by atoms with van der Waals surface area (Å²) in [5, 5.41) is 11.5. The van der Waals surface area contributed by atoms with Gasteiger partial charge in [-0.25, -0.2) is 9.69 Å². The van der Waals surface area contributed by atoms with E-state index in [2.05, 4.69) is 0 Å². The lowest BCUT2D eigenvalue weighted by Crippen LogP contribution is -2.46. The molecule has 0 spiro atoms. The SMILES string of the molecule is CC1=CC2=C(CC(c3ccc(Cl)cc3)N(C(=O)OC(C)(C)C)C2=O)OC1c1ccc([N+](=O)[O-])cc1. The molecule has 2 aromatic rings. The van der Waals surface area contributed by atoms with Crippen LogP contribution in [0.3, 0.4) is 0 Å². The third-order valence-corrected chi connectivity index (χ3v) is 5.99. The fourth-order valence-corrected chi connectivity index (χ4v) is 4.26. The molecule has 182 valence electrons. The molecule has 0 aliphatic carbocycles. The van der Waals surface area contributed by atoms with Gasteiger partial charge < -0.3 is 9.47 Å². The quantitative estimate of drug-likeness (QED) is 0.358. The van der Waals surface area contributed by atoms with E-state index >= 15 is 0 Å². The average Bonchev–Trinajstić information content (AvgIpc) is 2.78. The second-order valence-electron chi connectivity index (χ2n) is 9.50. The third kappa shape index (κ3) is 5.07. The molecule has 0 N–H and O–H groups in total. The van der Waals surface area contributed by atoms with Crippen LogP contribution in [0.25, 0.3) is 0 Å². The molecule has 2 atom stereocenters. The van der Waals surface area contributed by atoms with E-state index < -0.39 is 34.7 Å². The maximum Gasteiger partial charge on any atom is 0.417 e. The molecular formula is C26H25ClN2O6. The van der Waals surface area contributed by atoms with Crippen LogP contribution in [0.15, 0.2) is 71.5 Å². The molecule has 0 saturated heterocycles. The zero-order chi connectivity index (χ0) is 25.5. The zero-order valence-electron chi connectivity index (χ0n) is 19.8. The van der Waals surface area contributed by atoms with Crippen LogP contribution >= 0.6 is 11.6 Å². The van der Waals surface area contributed by atoms with Crippen molar-refractivity contribution in [3.05, 3.63) is 97.8 Å². The van der Waals surface area contributed by atoms with Gasteiger partial charge in [-0.1, -0.05) is 23.7 Å². The van der Waals surface area contributed by atoms with Gasteiger partial charge in [0.05, 0.1) is 16.5 Å². The van der Waals surface area contributed by atoms with E-state index in [0.29, 0.717) is 16.3 Å². The van der Waals surface area contributed by atoms with Gasteiger partial charge in [0.25, 0.3) is 11.6 Å². The molecule has 0 radical (unpaired) electrons. The average molecular weight is 497 g/mol. The first-order valence-electron chi connectivity index (χ1n) is 11.1. The van der Waals surface area contributed by atoms with Crippen LogP contribution in [-0.2, 0) is 14.3 Å². The molecule has 2 amide bonds. The number of nitrogens with zero attached hydrogens (tertiary/aromatic N) is 2. The minimum Gasteiger partial charge on any atom is -0.485 e. The van der Waals surface area contributed by atoms with E-state index in [0.717, 1.165) is 16.0 Å². The number of nitro groups is 1. The largest absolute Gasteiger partial charge is 0.485 e. The number of hydrogen-bond acceptors (Lipinski definition) is 6. The van der Waals surface area contributed by atoms with Gasteiger partial charge in [0.1, 0.15) is 17.5 Å². The van der Waals surface area contributed by atoms with Crippen LogP contribution in [0.2, 0.25) is 5.02 Å². The Morgan fingerprint density at radius 3 is 2.29 bits per heavy atom. The van der Waals surface area contributed by atoms with Crippen molar-refractivity contribution in [2.75, 3.05) is 0 Å². The summed E-state index contributed by atoms with van der Waals surface area (Å²) in [5.41, 5.74) is 1.65. The van der Waals surface area contributed by atoms with E-state index in [1.807, 2.05) is 6.92 Å². The highest BCUT2D eigenvalue weighted by atomic mass is 35.5. The maximum absolute atomic E-state index is 13.6. The van der Waals surface area contributed by atoms with Crippen LogP contribution in [0.1, 0.15) is 57.4 Å². The van der Waals surface area contributed by atoms with Gasteiger partial charge in [-0.3, -0.25) is 14.9 Å². The number of imide groups is 1. The van der Waals surface area contributed by atoms with Gasteiger partial charge in [-0.15, -0.1) is 0 Å². The summed E-state index contributed by atoms with van der Waals surface area (Å²) in [6, 6.07) is 12.4. The summed E-state index contributed by atoms with van der Waals surface area (Å²) in [6.07, 6.45) is 0.705. The smallest absolute Gasteiger partial charge is 0.417 e. The van der Waals surface area contributed by atoms with Gasteiger partial charge in [-0.2, -0.15) is 0 Å². The first kappa shape index (κ1) is 24.5. The maximum atomic E-state index is 13.6. The first-order valence-corrected chi connectivity index (χ1v) is 11.5. The van der Waals surface area contributed by atoms with Crippen LogP contribution in [0.5, 0.6) is 0 Å². The van der Waals surface area contributed by atoms with Gasteiger partial charge in [0, 0.05) is 23.6 Å². The van der Waals surface area contributed by atoms with Gasteiger partial charge in [0.15, 0.2) is 0 Å². The van der Waals surface area contributed by atoms with Gasteiger partial charge in [-0.05, 0) is 74.7 Å². The minimum atomic E-state index is -0.785. The number of non-ortho nitro benzene ring substituents is 1. The summed E-state index contributed by atoms with van der Waals surface area (Å²) in [4.78, 5) is 38.4. The lowest BCUT2D eigenvalue weighted by molar-refractivity contribution is -0.384. The van der Waals surface area contributed by atoms with E-state index in [1.165, 1.54) is 12.1 Å². The number of ether oxygens (including phenoxy) is 2. The first-order chi connectivity index (χ1) is 16.4. The van der Waals surface area contributed by atoms with E-state index in [1.54, 1.807) is 63.2 Å². The normalized spacial score (nSPS) is 20.1. The molecule has 4 rings (SSSR count). The van der Waals surface area contributed by atoms with Crippen molar-refractivity contribution in [1.29, 1.82) is 0 Å². The molecule has 0 aromatic heterocycles. The highest BCUT2D eigenvalue weighted by molar-refractivity contribution is 6.30. The van der Waals surface area contributed by atoms with E-state index in [4.69, 9.17) is 21.1 Å². The Balaban J connectivity index is 1.71. The fourth-order valence-electron chi connectivity index (χ4n) is 4.13. The van der Waals surface area contributed by atoms with Crippen LogP contribution in [0.4, 0.5) is 10.5 Å². The Morgan fingerprint density at radius 2 is 1.71 bits per heavy atom. The van der Waals surface area contributed by atoms with Crippen molar-refractivity contribution in [1.82, 2.24) is 4.90 Å². The Bertz CT molecular complexity index is 1240. The molecular weight excluding hydrogens is 472 g/mol. The number of rotatable bonds is 3. The molecule has 0 fully saturated rings. The van der Waals surface area contributed by atoms with Crippen molar-refractivity contribution in [2.24, 2.45) is 0 Å². The van der Waals surface area contributed by atoms with Crippen molar-refractivity contribution < 1.29 is 24.0 Å². The number of halogens is 1. The summed E-state index contributed by atoms with van der Waals surface area (Å²) in [7, 11) is 0. The van der Waals surface area contributed by atoms with Crippen LogP contribution in [0, 0.1) is 10.1 Å². The summed E-state index contributed by atoms with van der Waals surface area (Å²) in [5.74, 6) is -0.0642. The molecule has 8 nitrogen and oxygen atoms in total. The van der Waals surface area contributed by atoms with Crippen molar-refractivity contribution >= 4 is 29.3 Å². The number of carbonyl (C=O) groups is 2. The fraction of sp³-hybridized carbons (Fsp3) is 0.308. The van der Waals surface area contributed by atoms with Gasteiger partial charge >= 0.3 is 6.09 Å². The standard InChI is InChI=1S/C26H25ClN2O6/c1-15-13-20-22(34-23(15)17-7-11-19(12-8-17)29(32)33)14-21(16-5-9-18(27)10-6-16)28(24(20)30)25(31)35-26(2,3)4/h5-13,21,23H,14H2,1-4H3. The lowest BCUT2D eigenvalue weighted by Gasteiger charge is -2.39. The molecule has 2 heterocycles. The molecule has 2 aromatic carbocycles. The van der Waals surface area contributed by atoms with E-state index in [9.17, 15) is 19.7 Å². The molecule has 35 heavy (non-hydrogen) atoms. The summed E-state index contributed by atoms with van der Waals surface area (Å²) >= 11 is 6.05. The Labute approximate surface area is 207 Å². The predicted molar refractivity (Wildman–Crippen MR) is 130 cm³/mol. The predicted octanol–water partition coefficient (Wildman–Crippen LogP) is 6.43. The van der Waals surface area contributed by atoms with Crippen molar-refractivity contribution in [3.63, 3.8) is 0 Å². The van der Waals surface area contributed by atoms with Gasteiger partial charge in [0.2, 0.25) is 0 Å². The Kier molecular flexibility index (Phi) is 6.42. The second-order valence-corrected chi connectivity index (χ2v) is 9.94. The number of benzene rings is 2. The molecule has 0 saturated carbocycles. The number of nitro benzene ring substituents is 1. The monoisotopic (exact) mass is 496 g/mol. The lowest BCUT2D eigenvalue weighted by atomic mass is 9.90. The highest BCUT2D eigenvalue weighted by Crippen LogP contribution is 2.44. The van der Waals surface area contributed by atoms with E-state index in [-0.39, 0.29) is 17.7 Å². The molecule has 2 aliphatic heterocycles.